The van der Waals surface area contributed by atoms with Gasteiger partial charge in [-0.25, -0.2) is 4.79 Å². The molecular weight excluding hydrogens is 426 g/mol. The second-order valence-corrected chi connectivity index (χ2v) is 7.38. The lowest BCUT2D eigenvalue weighted by molar-refractivity contribution is 0.0698. The average Bonchev–Trinajstić information content (AvgIpc) is 2.80. The number of amides is 1. The van der Waals surface area contributed by atoms with Crippen molar-refractivity contribution in [1.29, 1.82) is 0 Å². The lowest BCUT2D eigenvalue weighted by Gasteiger charge is -2.14. The molecule has 0 aliphatic rings. The van der Waals surface area contributed by atoms with Gasteiger partial charge in [0, 0.05) is 16.1 Å². The lowest BCUT2D eigenvalue weighted by atomic mass is 10.0. The molecule has 6 heteroatoms. The van der Waals surface area contributed by atoms with Gasteiger partial charge in [-0.2, -0.15) is 0 Å². The van der Waals surface area contributed by atoms with Gasteiger partial charge in [-0.1, -0.05) is 60.1 Å². The van der Waals surface area contributed by atoms with Crippen molar-refractivity contribution in [3.63, 3.8) is 0 Å². The summed E-state index contributed by atoms with van der Waals surface area (Å²) in [6, 6.07) is 28.3. The number of carbonyl (C=O) groups is 2. The quantitative estimate of drug-likeness (QED) is 0.345. The number of para-hydroxylation sites is 1. The number of nitrogens with one attached hydrogen (secondary N) is 1. The zero-order valence-electron chi connectivity index (χ0n) is 16.8. The summed E-state index contributed by atoms with van der Waals surface area (Å²) in [6.45, 7) is 0. The molecule has 0 aliphatic carbocycles. The Bertz CT molecular complexity index is 1270. The molecule has 32 heavy (non-hydrogen) atoms. The summed E-state index contributed by atoms with van der Waals surface area (Å²) in [4.78, 5) is 24.4. The highest BCUT2D eigenvalue weighted by molar-refractivity contribution is 6.31. The summed E-state index contributed by atoms with van der Waals surface area (Å²) >= 11 is 5.99. The number of hydrogen-bond donors (Lipinski definition) is 2. The first-order valence-electron chi connectivity index (χ1n) is 9.78. The number of aromatic carboxylic acids is 1. The van der Waals surface area contributed by atoms with Crippen LogP contribution in [0.3, 0.4) is 0 Å². The van der Waals surface area contributed by atoms with Gasteiger partial charge in [0.25, 0.3) is 5.91 Å². The Balaban J connectivity index is 1.71. The maximum Gasteiger partial charge on any atom is 0.337 e. The van der Waals surface area contributed by atoms with Crippen molar-refractivity contribution < 1.29 is 19.4 Å². The van der Waals surface area contributed by atoms with Crippen LogP contribution >= 0.6 is 11.6 Å². The predicted octanol–water partition coefficient (Wildman–Crippen LogP) is 6.75. The number of anilines is 1. The third-order valence-corrected chi connectivity index (χ3v) is 4.99. The van der Waals surface area contributed by atoms with Crippen LogP contribution in [0.2, 0.25) is 5.02 Å². The van der Waals surface area contributed by atoms with E-state index >= 15 is 0 Å². The van der Waals surface area contributed by atoms with E-state index in [0.29, 0.717) is 22.1 Å². The van der Waals surface area contributed by atoms with Gasteiger partial charge in [0.1, 0.15) is 11.5 Å². The topological polar surface area (TPSA) is 75.6 Å². The van der Waals surface area contributed by atoms with Crippen molar-refractivity contribution in [2.24, 2.45) is 0 Å². The summed E-state index contributed by atoms with van der Waals surface area (Å²) in [5.41, 5.74) is 2.14. The minimum Gasteiger partial charge on any atom is -0.478 e. The molecule has 4 rings (SSSR count). The highest BCUT2D eigenvalue weighted by atomic mass is 35.5. The molecule has 0 aliphatic heterocycles. The number of ether oxygens (including phenoxy) is 1. The Kier molecular flexibility index (Phi) is 6.19. The first-order valence-corrected chi connectivity index (χ1v) is 10.2. The number of hydrogen-bond acceptors (Lipinski definition) is 3. The van der Waals surface area contributed by atoms with Crippen LogP contribution in [0.25, 0.3) is 11.1 Å². The first kappa shape index (κ1) is 21.2. The molecule has 5 nitrogen and oxygen atoms in total. The van der Waals surface area contributed by atoms with E-state index in [0.717, 1.165) is 11.1 Å². The fraction of sp³-hybridized carbons (Fsp3) is 0. The zero-order valence-corrected chi connectivity index (χ0v) is 17.5. The van der Waals surface area contributed by atoms with Gasteiger partial charge in [-0.05, 0) is 54.1 Å². The molecule has 0 bridgehead atoms. The number of halogens is 1. The highest BCUT2D eigenvalue weighted by Crippen LogP contribution is 2.34. The zero-order chi connectivity index (χ0) is 22.5. The highest BCUT2D eigenvalue weighted by Gasteiger charge is 2.17. The van der Waals surface area contributed by atoms with Crippen LogP contribution in [-0.2, 0) is 0 Å². The van der Waals surface area contributed by atoms with Gasteiger partial charge in [-0.3, -0.25) is 4.79 Å². The van der Waals surface area contributed by atoms with Gasteiger partial charge in [0.05, 0.1) is 11.3 Å². The van der Waals surface area contributed by atoms with Gasteiger partial charge in [0.2, 0.25) is 0 Å². The van der Waals surface area contributed by atoms with Crippen LogP contribution in [0.4, 0.5) is 5.69 Å². The van der Waals surface area contributed by atoms with Crippen LogP contribution in [0.1, 0.15) is 20.7 Å². The van der Waals surface area contributed by atoms with E-state index in [-0.39, 0.29) is 11.3 Å². The molecule has 0 spiro atoms. The molecule has 0 saturated heterocycles. The molecule has 0 saturated carbocycles. The Labute approximate surface area is 189 Å². The molecule has 2 N–H and O–H groups in total. The van der Waals surface area contributed by atoms with E-state index in [9.17, 15) is 14.7 Å². The van der Waals surface area contributed by atoms with Crippen molar-refractivity contribution in [2.75, 3.05) is 5.32 Å². The van der Waals surface area contributed by atoms with Crippen molar-refractivity contribution in [3.8, 4) is 22.6 Å². The fourth-order valence-electron chi connectivity index (χ4n) is 3.22. The van der Waals surface area contributed by atoms with Gasteiger partial charge < -0.3 is 15.2 Å². The summed E-state index contributed by atoms with van der Waals surface area (Å²) in [6.07, 6.45) is 0. The number of carbonyl (C=O) groups excluding carboxylic acids is 1. The van der Waals surface area contributed by atoms with E-state index in [2.05, 4.69) is 5.32 Å². The van der Waals surface area contributed by atoms with Crippen LogP contribution < -0.4 is 10.1 Å². The molecule has 158 valence electrons. The van der Waals surface area contributed by atoms with E-state index < -0.39 is 11.9 Å². The summed E-state index contributed by atoms with van der Waals surface area (Å²) in [7, 11) is 0. The molecule has 4 aromatic carbocycles. The van der Waals surface area contributed by atoms with Crippen molar-refractivity contribution in [1.82, 2.24) is 0 Å². The smallest absolute Gasteiger partial charge is 0.337 e. The molecule has 4 aromatic rings. The van der Waals surface area contributed by atoms with Crippen LogP contribution in [0.15, 0.2) is 97.1 Å². The van der Waals surface area contributed by atoms with Crippen molar-refractivity contribution in [2.45, 2.75) is 0 Å². The number of benzene rings is 4. The largest absolute Gasteiger partial charge is 0.478 e. The molecule has 1 amide bonds. The third kappa shape index (κ3) is 4.79. The molecule has 0 unspecified atom stereocenters. The minimum atomic E-state index is -1.16. The Morgan fingerprint density at radius 3 is 2.19 bits per heavy atom. The number of carboxylic acid groups (broad SMARTS) is 1. The maximum absolute atomic E-state index is 12.9. The van der Waals surface area contributed by atoms with Gasteiger partial charge >= 0.3 is 5.97 Å². The summed E-state index contributed by atoms with van der Waals surface area (Å²) < 4.78 is 6.09. The molecule has 0 aromatic heterocycles. The van der Waals surface area contributed by atoms with Gasteiger partial charge in [0.15, 0.2) is 0 Å². The van der Waals surface area contributed by atoms with E-state index in [1.165, 1.54) is 18.2 Å². The van der Waals surface area contributed by atoms with Crippen LogP contribution in [0.5, 0.6) is 11.5 Å². The lowest BCUT2D eigenvalue weighted by Crippen LogP contribution is -2.15. The number of carboxylic acids is 1. The van der Waals surface area contributed by atoms with Crippen LogP contribution in [-0.4, -0.2) is 17.0 Å². The monoisotopic (exact) mass is 443 g/mol. The van der Waals surface area contributed by atoms with E-state index in [1.807, 2.05) is 60.7 Å². The third-order valence-electron chi connectivity index (χ3n) is 4.76. The second kappa shape index (κ2) is 9.37. The van der Waals surface area contributed by atoms with E-state index in [1.54, 1.807) is 18.2 Å². The van der Waals surface area contributed by atoms with Crippen LogP contribution in [0, 0.1) is 0 Å². The molecule has 0 fully saturated rings. The first-order chi connectivity index (χ1) is 15.5. The Morgan fingerprint density at radius 2 is 1.50 bits per heavy atom. The second-order valence-electron chi connectivity index (χ2n) is 6.94. The fourth-order valence-corrected chi connectivity index (χ4v) is 3.39. The van der Waals surface area contributed by atoms with E-state index in [4.69, 9.17) is 16.3 Å². The normalized spacial score (nSPS) is 10.4. The van der Waals surface area contributed by atoms with Crippen molar-refractivity contribution in [3.05, 3.63) is 113 Å². The maximum atomic E-state index is 12.9. The predicted molar refractivity (Wildman–Crippen MR) is 125 cm³/mol. The standard InChI is InChI=1S/C26H18ClNO4/c27-19-12-14-22(26(30)31)23(16-19)28-25(29)18-11-13-21(17-7-3-1-4-8-17)24(15-18)32-20-9-5-2-6-10-20/h1-16H,(H,28,29)(H,30,31). The summed E-state index contributed by atoms with van der Waals surface area (Å²) in [5, 5.41) is 12.4. The molecule has 0 heterocycles. The average molecular weight is 444 g/mol. The minimum absolute atomic E-state index is 0.0515. The molecular formula is C26H18ClNO4. The molecule has 0 atom stereocenters. The van der Waals surface area contributed by atoms with Gasteiger partial charge in [-0.15, -0.1) is 0 Å². The SMILES string of the molecule is O=C(Nc1cc(Cl)ccc1C(=O)O)c1ccc(-c2ccccc2)c(Oc2ccccc2)c1. The van der Waals surface area contributed by atoms with Crippen molar-refractivity contribution >= 4 is 29.2 Å². The number of rotatable bonds is 6. The Morgan fingerprint density at radius 1 is 0.812 bits per heavy atom. The Hall–Kier alpha value is -4.09. The molecule has 0 radical (unpaired) electrons. The summed E-state index contributed by atoms with van der Waals surface area (Å²) in [5.74, 6) is -0.512.